The highest BCUT2D eigenvalue weighted by Crippen LogP contribution is 2.57. The third kappa shape index (κ3) is 3.98. The van der Waals surface area contributed by atoms with Crippen LogP contribution >= 0.6 is 0 Å². The van der Waals surface area contributed by atoms with Gasteiger partial charge in [-0.25, -0.2) is 0 Å². The van der Waals surface area contributed by atoms with Gasteiger partial charge in [-0.1, -0.05) is 18.2 Å². The van der Waals surface area contributed by atoms with Gasteiger partial charge in [0.25, 0.3) is 5.91 Å². The Morgan fingerprint density at radius 3 is 2.65 bits per heavy atom. The number of nitrogens with one attached hydrogen (secondary N) is 1. The van der Waals surface area contributed by atoms with E-state index in [9.17, 15) is 19.2 Å². The van der Waals surface area contributed by atoms with Crippen LogP contribution < -0.4 is 10.2 Å². The number of para-hydroxylation sites is 1. The summed E-state index contributed by atoms with van der Waals surface area (Å²) < 4.78 is 1.73. The Bertz CT molecular complexity index is 1380. The van der Waals surface area contributed by atoms with Gasteiger partial charge in [-0.2, -0.15) is 5.10 Å². The summed E-state index contributed by atoms with van der Waals surface area (Å²) in [5, 5.41) is 7.60. The van der Waals surface area contributed by atoms with Crippen molar-refractivity contribution in [2.75, 3.05) is 37.6 Å². The summed E-state index contributed by atoms with van der Waals surface area (Å²) in [7, 11) is 0. The van der Waals surface area contributed by atoms with Gasteiger partial charge in [0.1, 0.15) is 5.54 Å². The van der Waals surface area contributed by atoms with Crippen LogP contribution in [0.1, 0.15) is 66.3 Å². The summed E-state index contributed by atoms with van der Waals surface area (Å²) in [6.07, 6.45) is 3.60. The van der Waals surface area contributed by atoms with Crippen molar-refractivity contribution in [2.45, 2.75) is 71.0 Å². The highest BCUT2D eigenvalue weighted by Gasteiger charge is 2.67. The zero-order valence-electron chi connectivity index (χ0n) is 23.6. The lowest BCUT2D eigenvalue weighted by Crippen LogP contribution is -2.57. The number of amides is 3. The van der Waals surface area contributed by atoms with E-state index >= 15 is 0 Å². The van der Waals surface area contributed by atoms with Crippen molar-refractivity contribution in [3.8, 4) is 0 Å². The number of carbonyl (C=O) groups is 4. The molecule has 0 saturated carbocycles. The lowest BCUT2D eigenvalue weighted by Gasteiger charge is -2.38. The fraction of sp³-hybridized carbons (Fsp3) is 0.567. The maximum atomic E-state index is 14.4. The molecule has 1 spiro atoms. The van der Waals surface area contributed by atoms with Crippen LogP contribution in [0.25, 0.3) is 0 Å². The van der Waals surface area contributed by atoms with Gasteiger partial charge in [-0.05, 0) is 59.1 Å². The molecule has 2 bridgehead atoms. The number of Topliss-reactive ketones (excluding diaryl/α,β-unsaturated/α-hetero) is 1. The van der Waals surface area contributed by atoms with Gasteiger partial charge in [0.15, 0.2) is 5.78 Å². The second-order valence-corrected chi connectivity index (χ2v) is 11.6. The van der Waals surface area contributed by atoms with E-state index < -0.39 is 11.5 Å². The van der Waals surface area contributed by atoms with Crippen LogP contribution in [0.4, 0.5) is 5.69 Å². The normalized spacial score (nSPS) is 26.6. The number of hydrogen-bond donors (Lipinski definition) is 1. The first-order valence-corrected chi connectivity index (χ1v) is 14.5. The Kier molecular flexibility index (Phi) is 6.76. The van der Waals surface area contributed by atoms with Crippen LogP contribution in [0.15, 0.2) is 24.3 Å². The molecule has 6 rings (SSSR count). The second kappa shape index (κ2) is 10.1. The second-order valence-electron chi connectivity index (χ2n) is 11.6. The zero-order valence-corrected chi connectivity index (χ0v) is 23.6. The molecule has 5 heterocycles. The van der Waals surface area contributed by atoms with Crippen LogP contribution in [-0.2, 0) is 26.5 Å². The Balaban J connectivity index is 1.26. The average Bonchev–Trinajstić information content (AvgIpc) is 3.64. The first-order valence-electron chi connectivity index (χ1n) is 14.5. The van der Waals surface area contributed by atoms with Crippen LogP contribution in [0, 0.1) is 19.8 Å². The first-order chi connectivity index (χ1) is 19.2. The topological polar surface area (TPSA) is 108 Å². The van der Waals surface area contributed by atoms with Crippen LogP contribution in [-0.4, -0.2) is 81.9 Å². The van der Waals surface area contributed by atoms with Gasteiger partial charge < -0.3 is 15.1 Å². The van der Waals surface area contributed by atoms with Gasteiger partial charge in [0, 0.05) is 62.1 Å². The van der Waals surface area contributed by atoms with Crippen molar-refractivity contribution in [3.05, 3.63) is 46.8 Å². The molecule has 1 N–H and O–H groups in total. The molecular formula is C30H38N6O4. The number of anilines is 1. The number of ketones is 1. The molecule has 3 fully saturated rings. The van der Waals surface area contributed by atoms with Gasteiger partial charge in [-0.3, -0.25) is 28.8 Å². The van der Waals surface area contributed by atoms with Crippen LogP contribution in [0.5, 0.6) is 0 Å². The molecule has 4 aliphatic heterocycles. The standard InChI is InChI=1S/C30H38N6O4/c1-19-27(21(3)37)20(2)36(32-19)15-11-26(38)33-13-7-12-31-28(39)24-18-22-8-6-14-35(22)30(24)23-9-4-5-10-25(23)34(17-16-33)29(30)40/h4-5,9-10,22,24H,6-8,11-18H2,1-3H3,(H,31,39)/t22-,24-,30+/m0/s1. The lowest BCUT2D eigenvalue weighted by atomic mass is 9.78. The van der Waals surface area contributed by atoms with Crippen molar-refractivity contribution in [3.63, 3.8) is 0 Å². The van der Waals surface area contributed by atoms with Crippen LogP contribution in [0.3, 0.4) is 0 Å². The lowest BCUT2D eigenvalue weighted by molar-refractivity contribution is -0.139. The first kappa shape index (κ1) is 26.7. The average molecular weight is 547 g/mol. The van der Waals surface area contributed by atoms with E-state index in [1.54, 1.807) is 9.58 Å². The minimum atomic E-state index is -0.972. The molecule has 40 heavy (non-hydrogen) atoms. The van der Waals surface area contributed by atoms with Crippen molar-refractivity contribution in [1.29, 1.82) is 0 Å². The number of benzene rings is 1. The van der Waals surface area contributed by atoms with E-state index in [1.165, 1.54) is 6.92 Å². The third-order valence-electron chi connectivity index (χ3n) is 9.46. The van der Waals surface area contributed by atoms with Crippen molar-refractivity contribution in [2.24, 2.45) is 5.92 Å². The molecule has 0 unspecified atom stereocenters. The summed E-state index contributed by atoms with van der Waals surface area (Å²) in [5.41, 5.74) is 2.85. The molecule has 1 aromatic heterocycles. The number of rotatable bonds is 4. The fourth-order valence-corrected chi connectivity index (χ4v) is 7.75. The van der Waals surface area contributed by atoms with Gasteiger partial charge in [0.05, 0.1) is 17.2 Å². The molecular weight excluding hydrogens is 508 g/mol. The molecule has 212 valence electrons. The molecule has 0 radical (unpaired) electrons. The number of aromatic nitrogens is 2. The Hall–Kier alpha value is -3.53. The number of nitrogens with zero attached hydrogens (tertiary/aromatic N) is 5. The number of hydrogen-bond acceptors (Lipinski definition) is 6. The number of aryl methyl sites for hydroxylation is 2. The fourth-order valence-electron chi connectivity index (χ4n) is 7.75. The molecule has 3 atom stereocenters. The molecule has 3 amide bonds. The largest absolute Gasteiger partial charge is 0.356 e. The Labute approximate surface area is 234 Å². The van der Waals surface area contributed by atoms with E-state index in [-0.39, 0.29) is 36.0 Å². The highest BCUT2D eigenvalue weighted by molar-refractivity contribution is 6.11. The summed E-state index contributed by atoms with van der Waals surface area (Å²) in [6, 6.07) is 8.12. The van der Waals surface area contributed by atoms with Gasteiger partial charge in [-0.15, -0.1) is 0 Å². The minimum absolute atomic E-state index is 0.0317. The Morgan fingerprint density at radius 2 is 1.88 bits per heavy atom. The van der Waals surface area contributed by atoms with E-state index in [2.05, 4.69) is 15.3 Å². The quantitative estimate of drug-likeness (QED) is 0.589. The van der Waals surface area contributed by atoms with Crippen molar-refractivity contribution < 1.29 is 19.2 Å². The molecule has 3 saturated heterocycles. The molecule has 4 aliphatic rings. The van der Waals surface area contributed by atoms with Gasteiger partial charge in [0.2, 0.25) is 11.8 Å². The summed E-state index contributed by atoms with van der Waals surface area (Å²) in [4.78, 5) is 59.5. The maximum absolute atomic E-state index is 14.4. The minimum Gasteiger partial charge on any atom is -0.356 e. The zero-order chi connectivity index (χ0) is 28.2. The highest BCUT2D eigenvalue weighted by atomic mass is 16.2. The van der Waals surface area contributed by atoms with E-state index in [0.29, 0.717) is 56.8 Å². The van der Waals surface area contributed by atoms with Crippen LogP contribution in [0.2, 0.25) is 0 Å². The monoisotopic (exact) mass is 546 g/mol. The predicted molar refractivity (Wildman–Crippen MR) is 149 cm³/mol. The molecule has 0 aliphatic carbocycles. The molecule has 10 heteroatoms. The van der Waals surface area contributed by atoms with E-state index in [0.717, 1.165) is 36.3 Å². The smallest absolute Gasteiger partial charge is 0.253 e. The predicted octanol–water partition coefficient (Wildman–Crippen LogP) is 2.17. The summed E-state index contributed by atoms with van der Waals surface area (Å²) in [6.45, 7) is 8.11. The van der Waals surface area contributed by atoms with E-state index in [1.807, 2.05) is 43.0 Å². The molecule has 1 aromatic carbocycles. The molecule has 2 aromatic rings. The maximum Gasteiger partial charge on any atom is 0.253 e. The van der Waals surface area contributed by atoms with Crippen molar-refractivity contribution >= 4 is 29.2 Å². The van der Waals surface area contributed by atoms with Gasteiger partial charge >= 0.3 is 0 Å². The van der Waals surface area contributed by atoms with Crippen molar-refractivity contribution in [1.82, 2.24) is 24.9 Å². The SMILES string of the molecule is CC(=O)c1c(C)nn(CCC(=O)N2CCCNC(=O)[C@@H]3C[C@@H]4CCCN4[C@@]34C(=O)N(CC2)c2ccccc24)c1C. The number of fused-ring (bicyclic) bond motifs is 4. The third-order valence-corrected chi connectivity index (χ3v) is 9.46. The summed E-state index contributed by atoms with van der Waals surface area (Å²) >= 11 is 0. The molecule has 10 nitrogen and oxygen atoms in total. The number of carbonyl (C=O) groups excluding carboxylic acids is 4. The summed E-state index contributed by atoms with van der Waals surface area (Å²) in [5.74, 6) is -0.590. The Morgan fingerprint density at radius 1 is 1.07 bits per heavy atom. The van der Waals surface area contributed by atoms with E-state index in [4.69, 9.17) is 0 Å².